The molecule has 0 fully saturated rings. The third kappa shape index (κ3) is 90.7. The number of aliphatic carboxylic acids is 4. The molecule has 0 aromatic carbocycles. The van der Waals surface area contributed by atoms with Crippen LogP contribution in [-0.4, -0.2) is 44.3 Å². The SMILES string of the molecule is C=CC(=O)O.CC(=O)O.O=C(O)C=CC(=O)O. The van der Waals surface area contributed by atoms with Crippen LogP contribution in [0.2, 0.25) is 0 Å². The minimum atomic E-state index is -1.26. The summed E-state index contributed by atoms with van der Waals surface area (Å²) in [6.45, 7) is 4.04. The van der Waals surface area contributed by atoms with Crippen LogP contribution < -0.4 is 0 Å². The molecule has 4 N–H and O–H groups in total. The highest BCUT2D eigenvalue weighted by Gasteiger charge is 1.88. The molecule has 0 aromatic rings. The minimum Gasteiger partial charge on any atom is -0.481 e. The van der Waals surface area contributed by atoms with Gasteiger partial charge in [0.2, 0.25) is 0 Å². The van der Waals surface area contributed by atoms with Gasteiger partial charge in [-0.25, -0.2) is 14.4 Å². The molecule has 0 bridgehead atoms. The van der Waals surface area contributed by atoms with Gasteiger partial charge >= 0.3 is 17.9 Å². The van der Waals surface area contributed by atoms with E-state index in [4.69, 9.17) is 25.2 Å². The standard InChI is InChI=1S/C4H4O4.C3H4O2.C2H4O2/c5-3(6)1-2-4(7)8;1-2-3(4)5;1-2(3)4/h1-2H,(H,5,6)(H,7,8);2H,1H2,(H,4,5);1H3,(H,3,4). The predicted molar refractivity (Wildman–Crippen MR) is 55.6 cm³/mol. The van der Waals surface area contributed by atoms with Crippen LogP contribution in [-0.2, 0) is 19.2 Å². The number of hydrogen-bond acceptors (Lipinski definition) is 4. The Labute approximate surface area is 96.1 Å². The Balaban J connectivity index is -0.000000188. The Morgan fingerprint density at radius 2 is 1.00 bits per heavy atom. The highest BCUT2D eigenvalue weighted by atomic mass is 16.4. The van der Waals surface area contributed by atoms with E-state index in [-0.39, 0.29) is 0 Å². The van der Waals surface area contributed by atoms with Crippen LogP contribution in [0.4, 0.5) is 0 Å². The average molecular weight is 248 g/mol. The van der Waals surface area contributed by atoms with Gasteiger partial charge in [-0.1, -0.05) is 6.58 Å². The first-order valence-corrected chi connectivity index (χ1v) is 3.82. The zero-order chi connectivity index (χ0) is 14.4. The Morgan fingerprint density at radius 1 is 0.824 bits per heavy atom. The van der Waals surface area contributed by atoms with Crippen LogP contribution in [0, 0.1) is 0 Å². The first kappa shape index (κ1) is 19.9. The van der Waals surface area contributed by atoms with Crippen molar-refractivity contribution in [3.63, 3.8) is 0 Å². The number of rotatable bonds is 3. The van der Waals surface area contributed by atoms with Crippen molar-refractivity contribution >= 4 is 23.9 Å². The largest absolute Gasteiger partial charge is 0.481 e. The van der Waals surface area contributed by atoms with Crippen molar-refractivity contribution < 1.29 is 39.6 Å². The molecular weight excluding hydrogens is 236 g/mol. The summed E-state index contributed by atoms with van der Waals surface area (Å²) >= 11 is 0. The highest BCUT2D eigenvalue weighted by molar-refractivity contribution is 5.89. The third-order valence-electron chi connectivity index (χ3n) is 0.543. The first-order chi connectivity index (χ1) is 7.63. The molecule has 0 rings (SSSR count). The van der Waals surface area contributed by atoms with Gasteiger partial charge in [-0.3, -0.25) is 4.79 Å². The molecule has 0 heterocycles. The summed E-state index contributed by atoms with van der Waals surface area (Å²) in [6, 6.07) is 0. The number of carbonyl (C=O) groups is 4. The smallest absolute Gasteiger partial charge is 0.328 e. The van der Waals surface area contributed by atoms with Crippen LogP contribution in [0.25, 0.3) is 0 Å². The van der Waals surface area contributed by atoms with Gasteiger partial charge in [-0.2, -0.15) is 0 Å². The van der Waals surface area contributed by atoms with E-state index in [0.29, 0.717) is 12.2 Å². The number of carboxylic acid groups (broad SMARTS) is 4. The maximum Gasteiger partial charge on any atom is 0.328 e. The van der Waals surface area contributed by atoms with Gasteiger partial charge in [0.15, 0.2) is 0 Å². The fourth-order valence-electron chi connectivity index (χ4n) is 0.143. The van der Waals surface area contributed by atoms with E-state index < -0.39 is 23.9 Å². The molecule has 0 saturated heterocycles. The molecule has 0 saturated carbocycles. The van der Waals surface area contributed by atoms with E-state index in [1.165, 1.54) is 0 Å². The summed E-state index contributed by atoms with van der Waals surface area (Å²) in [7, 11) is 0. The average Bonchev–Trinajstić information content (AvgIpc) is 2.14. The van der Waals surface area contributed by atoms with Crippen LogP contribution in [0.5, 0.6) is 0 Å². The molecular formula is C9H12O8. The van der Waals surface area contributed by atoms with Gasteiger partial charge in [0.05, 0.1) is 0 Å². The van der Waals surface area contributed by atoms with Crippen molar-refractivity contribution in [1.29, 1.82) is 0 Å². The lowest BCUT2D eigenvalue weighted by Gasteiger charge is -1.74. The van der Waals surface area contributed by atoms with Gasteiger partial charge in [0.1, 0.15) is 0 Å². The summed E-state index contributed by atoms with van der Waals surface area (Å²) in [5.74, 6) is -4.33. The van der Waals surface area contributed by atoms with E-state index in [0.717, 1.165) is 13.0 Å². The second-order valence-electron chi connectivity index (χ2n) is 2.07. The highest BCUT2D eigenvalue weighted by Crippen LogP contribution is 1.70. The normalized spacial score (nSPS) is 7.82. The van der Waals surface area contributed by atoms with E-state index in [2.05, 4.69) is 6.58 Å². The molecule has 0 radical (unpaired) electrons. The van der Waals surface area contributed by atoms with Crippen molar-refractivity contribution in [3.05, 3.63) is 24.8 Å². The van der Waals surface area contributed by atoms with E-state index in [1.807, 2.05) is 0 Å². The van der Waals surface area contributed by atoms with Crippen molar-refractivity contribution in [3.8, 4) is 0 Å². The zero-order valence-electron chi connectivity index (χ0n) is 8.86. The lowest BCUT2D eigenvalue weighted by Crippen LogP contribution is -1.91. The Kier molecular flexibility index (Phi) is 15.6. The van der Waals surface area contributed by atoms with Crippen LogP contribution >= 0.6 is 0 Å². The van der Waals surface area contributed by atoms with E-state index >= 15 is 0 Å². The molecule has 0 atom stereocenters. The summed E-state index contributed by atoms with van der Waals surface area (Å²) in [5, 5.41) is 30.6. The molecule has 0 aliphatic carbocycles. The molecule has 0 amide bonds. The molecule has 0 aliphatic rings. The lowest BCUT2D eigenvalue weighted by molar-refractivity contribution is -0.134. The Bertz CT molecular complexity index is 295. The lowest BCUT2D eigenvalue weighted by atomic mass is 10.5. The van der Waals surface area contributed by atoms with Gasteiger partial charge in [0.25, 0.3) is 5.97 Å². The quantitative estimate of drug-likeness (QED) is 0.512. The van der Waals surface area contributed by atoms with Crippen molar-refractivity contribution in [2.24, 2.45) is 0 Å². The van der Waals surface area contributed by atoms with Gasteiger partial charge < -0.3 is 20.4 Å². The predicted octanol–water partition coefficient (Wildman–Crippen LogP) is 0.0597. The third-order valence-corrected chi connectivity index (χ3v) is 0.543. The van der Waals surface area contributed by atoms with Gasteiger partial charge in [0, 0.05) is 25.2 Å². The van der Waals surface area contributed by atoms with Crippen LogP contribution in [0.15, 0.2) is 24.8 Å². The van der Waals surface area contributed by atoms with Crippen LogP contribution in [0.1, 0.15) is 6.92 Å². The minimum absolute atomic E-state index is 0.558. The maximum absolute atomic E-state index is 9.55. The summed E-state index contributed by atoms with van der Waals surface area (Å²) in [6.07, 6.45) is 1.95. The summed E-state index contributed by atoms with van der Waals surface area (Å²) in [4.78, 5) is 37.4. The molecule has 17 heavy (non-hydrogen) atoms. The van der Waals surface area contributed by atoms with Crippen molar-refractivity contribution in [2.75, 3.05) is 0 Å². The number of hydrogen-bond donors (Lipinski definition) is 4. The van der Waals surface area contributed by atoms with E-state index in [9.17, 15) is 14.4 Å². The van der Waals surface area contributed by atoms with Crippen molar-refractivity contribution in [2.45, 2.75) is 6.92 Å². The molecule has 0 spiro atoms. The van der Waals surface area contributed by atoms with E-state index in [1.54, 1.807) is 0 Å². The summed E-state index contributed by atoms with van der Waals surface area (Å²) in [5.41, 5.74) is 0. The van der Waals surface area contributed by atoms with Crippen molar-refractivity contribution in [1.82, 2.24) is 0 Å². The topological polar surface area (TPSA) is 149 Å². The molecule has 0 unspecified atom stereocenters. The molecule has 0 aromatic heterocycles. The van der Waals surface area contributed by atoms with Gasteiger partial charge in [-0.05, 0) is 0 Å². The number of carboxylic acids is 4. The maximum atomic E-state index is 9.55. The molecule has 8 heteroatoms. The zero-order valence-corrected chi connectivity index (χ0v) is 8.86. The molecule has 96 valence electrons. The Morgan fingerprint density at radius 3 is 1.06 bits per heavy atom. The summed E-state index contributed by atoms with van der Waals surface area (Å²) < 4.78 is 0. The first-order valence-electron chi connectivity index (χ1n) is 3.82. The fourth-order valence-corrected chi connectivity index (χ4v) is 0.143. The fraction of sp³-hybridized carbons (Fsp3) is 0.111. The molecule has 0 aliphatic heterocycles. The Hall–Kier alpha value is -2.64. The monoisotopic (exact) mass is 248 g/mol. The second-order valence-corrected chi connectivity index (χ2v) is 2.07. The van der Waals surface area contributed by atoms with Gasteiger partial charge in [-0.15, -0.1) is 0 Å². The van der Waals surface area contributed by atoms with Crippen LogP contribution in [0.3, 0.4) is 0 Å². The second kappa shape index (κ2) is 13.4. The molecule has 8 nitrogen and oxygen atoms in total.